The Morgan fingerprint density at radius 2 is 1.95 bits per heavy atom. The molecule has 1 rings (SSSR count). The number of benzene rings is 1. The first kappa shape index (κ1) is 15.6. The summed E-state index contributed by atoms with van der Waals surface area (Å²) in [4.78, 5) is 11.6. The Morgan fingerprint density at radius 1 is 1.32 bits per heavy atom. The quantitative estimate of drug-likeness (QED) is 0.763. The van der Waals surface area contributed by atoms with Gasteiger partial charge in [-0.3, -0.25) is 4.79 Å². The highest BCUT2D eigenvalue weighted by Gasteiger charge is 2.20. The Kier molecular flexibility index (Phi) is 5.46. The van der Waals surface area contributed by atoms with Crippen LogP contribution < -0.4 is 11.1 Å². The lowest BCUT2D eigenvalue weighted by Gasteiger charge is -2.15. The topological polar surface area (TPSA) is 92.5 Å². The minimum absolute atomic E-state index is 0.169. The summed E-state index contributed by atoms with van der Waals surface area (Å²) < 4.78 is 25.4. The number of hydrogen-bond donors (Lipinski definition) is 2. The van der Waals surface area contributed by atoms with E-state index in [-0.39, 0.29) is 30.3 Å². The molecule has 0 aliphatic carbocycles. The number of nitrogens with two attached hydrogens (primary N) is 1. The second-order valence-corrected chi connectivity index (χ2v) is 6.33. The molecule has 0 atom stereocenters. The molecule has 0 radical (unpaired) electrons. The van der Waals surface area contributed by atoms with Gasteiger partial charge < -0.3 is 11.1 Å². The zero-order chi connectivity index (χ0) is 14.5. The zero-order valence-corrected chi connectivity index (χ0v) is 11.9. The second-order valence-electron chi connectivity index (χ2n) is 4.21. The van der Waals surface area contributed by atoms with E-state index in [4.69, 9.17) is 5.73 Å². The maximum atomic E-state index is 12.1. The number of sulfonamides is 1. The summed E-state index contributed by atoms with van der Waals surface area (Å²) in [5.74, 6) is -0.195. The summed E-state index contributed by atoms with van der Waals surface area (Å²) in [5, 5.41) is 2.65. The molecule has 0 bridgehead atoms. The molecule has 6 nitrogen and oxygen atoms in total. The van der Waals surface area contributed by atoms with Gasteiger partial charge in [0.1, 0.15) is 0 Å². The van der Waals surface area contributed by atoms with Crippen LogP contribution in [-0.2, 0) is 21.4 Å². The Hall–Kier alpha value is -1.44. The third-order valence-corrected chi connectivity index (χ3v) is 4.49. The molecule has 0 aromatic heterocycles. The van der Waals surface area contributed by atoms with Gasteiger partial charge in [0.2, 0.25) is 15.9 Å². The molecule has 0 spiro atoms. The maximum absolute atomic E-state index is 12.1. The fourth-order valence-corrected chi connectivity index (χ4v) is 2.63. The van der Waals surface area contributed by atoms with Gasteiger partial charge in [-0.05, 0) is 11.6 Å². The minimum atomic E-state index is -3.51. The first-order valence-electron chi connectivity index (χ1n) is 5.86. The predicted octanol–water partition coefficient (Wildman–Crippen LogP) is -0.0981. The summed E-state index contributed by atoms with van der Waals surface area (Å²) in [5.41, 5.74) is 5.83. The van der Waals surface area contributed by atoms with Crippen LogP contribution in [0.15, 0.2) is 29.2 Å². The van der Waals surface area contributed by atoms with Crippen molar-refractivity contribution in [2.75, 3.05) is 20.6 Å². The fourth-order valence-electron chi connectivity index (χ4n) is 1.51. The summed E-state index contributed by atoms with van der Waals surface area (Å²) >= 11 is 0. The van der Waals surface area contributed by atoms with Crippen LogP contribution in [-0.4, -0.2) is 39.3 Å². The first-order chi connectivity index (χ1) is 8.89. The van der Waals surface area contributed by atoms with Crippen molar-refractivity contribution in [1.82, 2.24) is 9.62 Å². The molecule has 7 heteroatoms. The Bertz CT molecular complexity index is 541. The number of amides is 1. The van der Waals surface area contributed by atoms with Crippen molar-refractivity contribution in [2.24, 2.45) is 5.73 Å². The monoisotopic (exact) mass is 285 g/mol. The number of carbonyl (C=O) groups is 1. The lowest BCUT2D eigenvalue weighted by Crippen LogP contribution is -2.28. The van der Waals surface area contributed by atoms with E-state index in [2.05, 4.69) is 5.32 Å². The third kappa shape index (κ3) is 4.02. The molecule has 0 aliphatic rings. The van der Waals surface area contributed by atoms with Crippen LogP contribution in [0, 0.1) is 0 Å². The number of rotatable bonds is 6. The van der Waals surface area contributed by atoms with Crippen molar-refractivity contribution in [1.29, 1.82) is 0 Å². The molecular weight excluding hydrogens is 266 g/mol. The molecule has 0 fully saturated rings. The molecule has 3 N–H and O–H groups in total. The second kappa shape index (κ2) is 6.65. The normalized spacial score (nSPS) is 11.6. The van der Waals surface area contributed by atoms with Crippen molar-refractivity contribution in [3.05, 3.63) is 29.8 Å². The zero-order valence-electron chi connectivity index (χ0n) is 11.1. The first-order valence-corrected chi connectivity index (χ1v) is 7.30. The average molecular weight is 285 g/mol. The number of hydrogen-bond acceptors (Lipinski definition) is 4. The standard InChI is InChI=1S/C12H19N3O3S/c1-15(2)19(17,18)11-6-4-3-5-10(11)9-14-12(16)7-8-13/h3-6H,7-9,13H2,1-2H3,(H,14,16). The van der Waals surface area contributed by atoms with E-state index in [1.807, 2.05) is 0 Å². The molecule has 19 heavy (non-hydrogen) atoms. The van der Waals surface area contributed by atoms with E-state index < -0.39 is 10.0 Å². The number of carbonyl (C=O) groups excluding carboxylic acids is 1. The van der Waals surface area contributed by atoms with Crippen molar-refractivity contribution >= 4 is 15.9 Å². The number of nitrogens with zero attached hydrogens (tertiary/aromatic N) is 1. The van der Waals surface area contributed by atoms with Crippen molar-refractivity contribution < 1.29 is 13.2 Å². The smallest absolute Gasteiger partial charge is 0.242 e. The van der Waals surface area contributed by atoms with Gasteiger partial charge >= 0.3 is 0 Å². The highest BCUT2D eigenvalue weighted by atomic mass is 32.2. The van der Waals surface area contributed by atoms with Crippen LogP contribution in [0.3, 0.4) is 0 Å². The molecule has 1 amide bonds. The van der Waals surface area contributed by atoms with Crippen LogP contribution in [0.2, 0.25) is 0 Å². The van der Waals surface area contributed by atoms with Crippen LogP contribution in [0.4, 0.5) is 0 Å². The van der Waals surface area contributed by atoms with Crippen molar-refractivity contribution in [3.63, 3.8) is 0 Å². The van der Waals surface area contributed by atoms with E-state index in [9.17, 15) is 13.2 Å². The minimum Gasteiger partial charge on any atom is -0.352 e. The molecule has 106 valence electrons. The SMILES string of the molecule is CN(C)S(=O)(=O)c1ccccc1CNC(=O)CCN. The Morgan fingerprint density at radius 3 is 2.53 bits per heavy atom. The van der Waals surface area contributed by atoms with Crippen LogP contribution in [0.1, 0.15) is 12.0 Å². The van der Waals surface area contributed by atoms with Gasteiger partial charge in [0, 0.05) is 33.6 Å². The third-order valence-electron chi connectivity index (χ3n) is 2.58. The lowest BCUT2D eigenvalue weighted by molar-refractivity contribution is -0.121. The van der Waals surface area contributed by atoms with Crippen molar-refractivity contribution in [2.45, 2.75) is 17.9 Å². The van der Waals surface area contributed by atoms with Crippen LogP contribution >= 0.6 is 0 Å². The number of nitrogens with one attached hydrogen (secondary N) is 1. The average Bonchev–Trinajstić information content (AvgIpc) is 2.37. The molecule has 1 aromatic rings. The van der Waals surface area contributed by atoms with Gasteiger partial charge in [-0.15, -0.1) is 0 Å². The molecule has 0 saturated heterocycles. The van der Waals surface area contributed by atoms with E-state index in [1.165, 1.54) is 20.2 Å². The summed E-state index contributed by atoms with van der Waals surface area (Å²) in [7, 11) is -0.568. The van der Waals surface area contributed by atoms with Crippen LogP contribution in [0.25, 0.3) is 0 Å². The summed E-state index contributed by atoms with van der Waals surface area (Å²) in [6.07, 6.45) is 0.225. The maximum Gasteiger partial charge on any atom is 0.242 e. The van der Waals surface area contributed by atoms with Crippen LogP contribution in [0.5, 0.6) is 0 Å². The predicted molar refractivity (Wildman–Crippen MR) is 72.8 cm³/mol. The van der Waals surface area contributed by atoms with Crippen molar-refractivity contribution in [3.8, 4) is 0 Å². The van der Waals surface area contributed by atoms with E-state index >= 15 is 0 Å². The highest BCUT2D eigenvalue weighted by Crippen LogP contribution is 2.18. The summed E-state index contributed by atoms with van der Waals surface area (Å²) in [6.45, 7) is 0.436. The largest absolute Gasteiger partial charge is 0.352 e. The van der Waals surface area contributed by atoms with Gasteiger partial charge in [-0.25, -0.2) is 12.7 Å². The van der Waals surface area contributed by atoms with E-state index in [1.54, 1.807) is 18.2 Å². The van der Waals surface area contributed by atoms with Gasteiger partial charge in [0.15, 0.2) is 0 Å². The Labute approximate surface area is 113 Å². The molecule has 0 heterocycles. The molecule has 0 unspecified atom stereocenters. The molecule has 1 aromatic carbocycles. The van der Waals surface area contributed by atoms with E-state index in [0.717, 1.165) is 4.31 Å². The summed E-state index contributed by atoms with van der Waals surface area (Å²) in [6, 6.07) is 6.60. The highest BCUT2D eigenvalue weighted by molar-refractivity contribution is 7.89. The van der Waals surface area contributed by atoms with Gasteiger partial charge in [-0.1, -0.05) is 18.2 Å². The van der Waals surface area contributed by atoms with Gasteiger partial charge in [-0.2, -0.15) is 0 Å². The Balaban J connectivity index is 2.95. The van der Waals surface area contributed by atoms with E-state index in [0.29, 0.717) is 5.56 Å². The molecule has 0 aliphatic heterocycles. The molecule has 0 saturated carbocycles. The lowest BCUT2D eigenvalue weighted by atomic mass is 10.2. The molecular formula is C12H19N3O3S. The van der Waals surface area contributed by atoms with Gasteiger partial charge in [0.25, 0.3) is 0 Å². The fraction of sp³-hybridized carbons (Fsp3) is 0.417. The van der Waals surface area contributed by atoms with Gasteiger partial charge in [0.05, 0.1) is 4.90 Å².